The summed E-state index contributed by atoms with van der Waals surface area (Å²) < 4.78 is 5.07. The van der Waals surface area contributed by atoms with Gasteiger partial charge >= 0.3 is 0 Å². The van der Waals surface area contributed by atoms with Crippen molar-refractivity contribution < 1.29 is 9.21 Å². The number of hydrogen-bond donors (Lipinski definition) is 1. The molecule has 0 spiro atoms. The maximum atomic E-state index is 11.9. The summed E-state index contributed by atoms with van der Waals surface area (Å²) in [7, 11) is 0. The molecule has 2 atom stereocenters. The fraction of sp³-hybridized carbons (Fsp3) is 0.667. The standard InChI is InChI=1S/C12H17ClN2O2/c1-8-11(17-7-14-8)12(16)15-10-6-4-2-3-5-9(10)13/h7,9-10H,2-6H2,1H3,(H,15,16). The lowest BCUT2D eigenvalue weighted by Gasteiger charge is -2.20. The molecule has 1 amide bonds. The van der Waals surface area contributed by atoms with Crippen LogP contribution in [0, 0.1) is 6.92 Å². The van der Waals surface area contributed by atoms with Crippen LogP contribution in [0.3, 0.4) is 0 Å². The van der Waals surface area contributed by atoms with Gasteiger partial charge in [-0.1, -0.05) is 19.3 Å². The SMILES string of the molecule is Cc1ncoc1C(=O)NC1CCCCCC1Cl. The lowest BCUT2D eigenvalue weighted by molar-refractivity contribution is 0.0905. The van der Waals surface area contributed by atoms with E-state index < -0.39 is 0 Å². The van der Waals surface area contributed by atoms with Gasteiger partial charge in [-0.15, -0.1) is 11.6 Å². The van der Waals surface area contributed by atoms with Crippen molar-refractivity contribution in [2.24, 2.45) is 0 Å². The van der Waals surface area contributed by atoms with E-state index in [-0.39, 0.29) is 23.1 Å². The lowest BCUT2D eigenvalue weighted by atomic mass is 10.1. The molecule has 4 nitrogen and oxygen atoms in total. The lowest BCUT2D eigenvalue weighted by Crippen LogP contribution is -2.40. The van der Waals surface area contributed by atoms with E-state index in [1.807, 2.05) is 0 Å². The van der Waals surface area contributed by atoms with E-state index in [1.165, 1.54) is 12.8 Å². The van der Waals surface area contributed by atoms with Crippen LogP contribution in [0.4, 0.5) is 0 Å². The van der Waals surface area contributed by atoms with Crippen LogP contribution in [0.15, 0.2) is 10.8 Å². The zero-order valence-corrected chi connectivity index (χ0v) is 10.7. The maximum absolute atomic E-state index is 11.9. The van der Waals surface area contributed by atoms with Gasteiger partial charge in [-0.3, -0.25) is 4.79 Å². The number of carbonyl (C=O) groups is 1. The van der Waals surface area contributed by atoms with Gasteiger partial charge in [0.25, 0.3) is 5.91 Å². The summed E-state index contributed by atoms with van der Waals surface area (Å²) in [5.74, 6) is 0.0793. The van der Waals surface area contributed by atoms with Crippen molar-refractivity contribution in [3.05, 3.63) is 17.8 Å². The van der Waals surface area contributed by atoms with Gasteiger partial charge in [0.05, 0.1) is 11.1 Å². The summed E-state index contributed by atoms with van der Waals surface area (Å²) in [6, 6.07) is 0.0381. The van der Waals surface area contributed by atoms with Crippen molar-refractivity contribution in [1.82, 2.24) is 10.3 Å². The first kappa shape index (κ1) is 12.4. The number of rotatable bonds is 2. The minimum absolute atomic E-state index is 0.0182. The Balaban J connectivity index is 2.00. The second kappa shape index (κ2) is 5.54. The topological polar surface area (TPSA) is 55.1 Å². The monoisotopic (exact) mass is 256 g/mol. The quantitative estimate of drug-likeness (QED) is 0.654. The molecule has 1 saturated carbocycles. The predicted octanol–water partition coefficient (Wildman–Crippen LogP) is 2.65. The number of nitrogens with one attached hydrogen (secondary N) is 1. The Bertz CT molecular complexity index is 392. The molecule has 0 saturated heterocycles. The number of alkyl halides is 1. The van der Waals surface area contributed by atoms with E-state index in [0.29, 0.717) is 5.69 Å². The first-order valence-electron chi connectivity index (χ1n) is 6.03. The van der Waals surface area contributed by atoms with Crippen LogP contribution in [-0.2, 0) is 0 Å². The van der Waals surface area contributed by atoms with E-state index in [9.17, 15) is 4.79 Å². The Morgan fingerprint density at radius 1 is 1.47 bits per heavy atom. The molecule has 2 rings (SSSR count). The van der Waals surface area contributed by atoms with Crippen LogP contribution in [-0.4, -0.2) is 22.3 Å². The van der Waals surface area contributed by atoms with Crippen molar-refractivity contribution in [1.29, 1.82) is 0 Å². The molecule has 1 aliphatic carbocycles. The fourth-order valence-corrected chi connectivity index (χ4v) is 2.52. The highest BCUT2D eigenvalue weighted by atomic mass is 35.5. The molecule has 1 aliphatic rings. The highest BCUT2D eigenvalue weighted by molar-refractivity contribution is 6.21. The van der Waals surface area contributed by atoms with E-state index >= 15 is 0 Å². The second-order valence-electron chi connectivity index (χ2n) is 4.50. The number of nitrogens with zero attached hydrogens (tertiary/aromatic N) is 1. The van der Waals surface area contributed by atoms with Crippen LogP contribution in [0.5, 0.6) is 0 Å². The minimum Gasteiger partial charge on any atom is -0.438 e. The van der Waals surface area contributed by atoms with Gasteiger partial charge in [-0.25, -0.2) is 4.98 Å². The van der Waals surface area contributed by atoms with Crippen molar-refractivity contribution in [3.63, 3.8) is 0 Å². The van der Waals surface area contributed by atoms with E-state index in [0.717, 1.165) is 25.7 Å². The van der Waals surface area contributed by atoms with E-state index in [2.05, 4.69) is 10.3 Å². The van der Waals surface area contributed by atoms with Gasteiger partial charge in [0.15, 0.2) is 6.39 Å². The van der Waals surface area contributed by atoms with Crippen LogP contribution >= 0.6 is 11.6 Å². The molecule has 5 heteroatoms. The Morgan fingerprint density at radius 3 is 2.94 bits per heavy atom. The van der Waals surface area contributed by atoms with Crippen molar-refractivity contribution >= 4 is 17.5 Å². The molecule has 0 bridgehead atoms. The Hall–Kier alpha value is -1.03. The van der Waals surface area contributed by atoms with Crippen LogP contribution in [0.2, 0.25) is 0 Å². The minimum atomic E-state index is -0.211. The third-order valence-electron chi connectivity index (χ3n) is 3.20. The molecule has 1 aromatic rings. The summed E-state index contributed by atoms with van der Waals surface area (Å²) in [4.78, 5) is 15.9. The molecule has 1 fully saturated rings. The molecule has 0 radical (unpaired) electrons. The average molecular weight is 257 g/mol. The van der Waals surface area contributed by atoms with E-state index in [1.54, 1.807) is 6.92 Å². The number of halogens is 1. The zero-order valence-electron chi connectivity index (χ0n) is 9.91. The molecule has 0 aliphatic heterocycles. The zero-order chi connectivity index (χ0) is 12.3. The molecule has 1 heterocycles. The van der Waals surface area contributed by atoms with Gasteiger partial charge in [0.2, 0.25) is 5.76 Å². The van der Waals surface area contributed by atoms with Gasteiger partial charge in [0.1, 0.15) is 0 Å². The van der Waals surface area contributed by atoms with Crippen molar-refractivity contribution in [2.75, 3.05) is 0 Å². The Morgan fingerprint density at radius 2 is 2.24 bits per heavy atom. The third kappa shape index (κ3) is 3.00. The first-order valence-corrected chi connectivity index (χ1v) is 6.47. The summed E-state index contributed by atoms with van der Waals surface area (Å²) >= 11 is 6.27. The molecule has 1 aromatic heterocycles. The summed E-state index contributed by atoms with van der Waals surface area (Å²) in [6.07, 6.45) is 6.63. The van der Waals surface area contributed by atoms with Crippen LogP contribution < -0.4 is 5.32 Å². The molecule has 17 heavy (non-hydrogen) atoms. The molecule has 2 unspecified atom stereocenters. The second-order valence-corrected chi connectivity index (χ2v) is 5.06. The van der Waals surface area contributed by atoms with Crippen molar-refractivity contribution in [2.45, 2.75) is 50.4 Å². The van der Waals surface area contributed by atoms with Crippen LogP contribution in [0.25, 0.3) is 0 Å². The van der Waals surface area contributed by atoms with Gasteiger partial charge in [0, 0.05) is 6.04 Å². The summed E-state index contributed by atoms with van der Waals surface area (Å²) in [6.45, 7) is 1.75. The number of aryl methyl sites for hydroxylation is 1. The molecular formula is C12H17ClN2O2. The molecular weight excluding hydrogens is 240 g/mol. The molecule has 94 valence electrons. The van der Waals surface area contributed by atoms with Gasteiger partial charge in [-0.05, 0) is 19.8 Å². The number of amides is 1. The smallest absolute Gasteiger partial charge is 0.289 e. The van der Waals surface area contributed by atoms with E-state index in [4.69, 9.17) is 16.0 Å². The largest absolute Gasteiger partial charge is 0.438 e. The van der Waals surface area contributed by atoms with Gasteiger partial charge < -0.3 is 9.73 Å². The van der Waals surface area contributed by atoms with Crippen LogP contribution in [0.1, 0.15) is 48.4 Å². The average Bonchev–Trinajstić information content (AvgIpc) is 2.63. The summed E-state index contributed by atoms with van der Waals surface area (Å²) in [5, 5.41) is 2.97. The highest BCUT2D eigenvalue weighted by Gasteiger charge is 2.25. The number of aromatic nitrogens is 1. The maximum Gasteiger partial charge on any atom is 0.289 e. The fourth-order valence-electron chi connectivity index (χ4n) is 2.18. The summed E-state index contributed by atoms with van der Waals surface area (Å²) in [5.41, 5.74) is 0.613. The third-order valence-corrected chi connectivity index (χ3v) is 3.72. The number of hydrogen-bond acceptors (Lipinski definition) is 3. The first-order chi connectivity index (χ1) is 8.18. The molecule has 0 aromatic carbocycles. The Labute approximate surface area is 106 Å². The highest BCUT2D eigenvalue weighted by Crippen LogP contribution is 2.22. The Kier molecular flexibility index (Phi) is 4.05. The predicted molar refractivity (Wildman–Crippen MR) is 65.2 cm³/mol. The normalized spacial score (nSPS) is 25.3. The number of oxazole rings is 1. The van der Waals surface area contributed by atoms with Crippen molar-refractivity contribution in [3.8, 4) is 0 Å². The molecule has 1 N–H and O–H groups in total. The van der Waals surface area contributed by atoms with Gasteiger partial charge in [-0.2, -0.15) is 0 Å². The number of carbonyl (C=O) groups excluding carboxylic acids is 1.